The van der Waals surface area contributed by atoms with Gasteiger partial charge in [-0.3, -0.25) is 4.79 Å². The van der Waals surface area contributed by atoms with Crippen LogP contribution in [0, 0.1) is 18.3 Å². The van der Waals surface area contributed by atoms with E-state index < -0.39 is 11.4 Å². The van der Waals surface area contributed by atoms with Crippen LogP contribution in [0.2, 0.25) is 0 Å². The maximum atomic E-state index is 11.4. The van der Waals surface area contributed by atoms with Gasteiger partial charge in [-0.25, -0.2) is 4.98 Å². The van der Waals surface area contributed by atoms with Crippen molar-refractivity contribution in [3.8, 4) is 0 Å². The summed E-state index contributed by atoms with van der Waals surface area (Å²) in [6.45, 7) is 2.12. The molecule has 0 aromatic carbocycles. The molecule has 2 rings (SSSR count). The molecule has 4 nitrogen and oxygen atoms in total. The fourth-order valence-electron chi connectivity index (χ4n) is 2.11. The van der Waals surface area contributed by atoms with Gasteiger partial charge in [-0.2, -0.15) is 0 Å². The highest BCUT2D eigenvalue weighted by Crippen LogP contribution is 2.47. The average Bonchev–Trinajstić information content (AvgIpc) is 3.00. The molecule has 1 aromatic heterocycles. The first-order valence-corrected chi connectivity index (χ1v) is 6.31. The molecule has 1 aliphatic rings. The van der Waals surface area contributed by atoms with Gasteiger partial charge in [0.1, 0.15) is 0 Å². The minimum absolute atomic E-state index is 0.200. The average molecular weight is 240 g/mol. The summed E-state index contributed by atoms with van der Waals surface area (Å²) in [7, 11) is 0. The van der Waals surface area contributed by atoms with Crippen molar-refractivity contribution in [1.82, 2.24) is 4.98 Å². The van der Waals surface area contributed by atoms with Crippen LogP contribution in [0.3, 0.4) is 0 Å². The Hall–Kier alpha value is -0.940. The Morgan fingerprint density at radius 3 is 2.81 bits per heavy atom. The molecule has 0 radical (unpaired) electrons. The summed E-state index contributed by atoms with van der Waals surface area (Å²) in [5.41, 5.74) is 5.86. The third-order valence-electron chi connectivity index (χ3n) is 3.28. The number of carboxylic acids is 1. The smallest absolute Gasteiger partial charge is 0.311 e. The van der Waals surface area contributed by atoms with Gasteiger partial charge in [0.2, 0.25) is 0 Å². The lowest BCUT2D eigenvalue weighted by Gasteiger charge is -2.26. The van der Waals surface area contributed by atoms with Crippen molar-refractivity contribution in [1.29, 1.82) is 0 Å². The lowest BCUT2D eigenvalue weighted by Crippen LogP contribution is -2.42. The predicted molar refractivity (Wildman–Crippen MR) is 62.4 cm³/mol. The molecule has 3 N–H and O–H groups in total. The Balaban J connectivity index is 2.22. The van der Waals surface area contributed by atoms with E-state index in [1.165, 1.54) is 11.3 Å². The van der Waals surface area contributed by atoms with E-state index in [1.807, 2.05) is 12.3 Å². The van der Waals surface area contributed by atoms with E-state index in [0.717, 1.165) is 23.5 Å². The van der Waals surface area contributed by atoms with E-state index in [2.05, 4.69) is 4.98 Å². The number of aryl methyl sites for hydroxylation is 1. The molecule has 0 bridgehead atoms. The van der Waals surface area contributed by atoms with E-state index in [9.17, 15) is 9.90 Å². The number of aromatic nitrogens is 1. The lowest BCUT2D eigenvalue weighted by atomic mass is 9.79. The zero-order valence-electron chi connectivity index (χ0n) is 9.27. The van der Waals surface area contributed by atoms with E-state index in [0.29, 0.717) is 6.42 Å². The summed E-state index contributed by atoms with van der Waals surface area (Å²) >= 11 is 1.52. The third kappa shape index (κ3) is 1.97. The maximum Gasteiger partial charge on any atom is 0.311 e. The molecule has 0 saturated heterocycles. The number of hydrogen-bond acceptors (Lipinski definition) is 4. The summed E-state index contributed by atoms with van der Waals surface area (Å²) in [6.07, 6.45) is 2.43. The van der Waals surface area contributed by atoms with Crippen LogP contribution in [0.15, 0.2) is 5.38 Å². The zero-order chi connectivity index (χ0) is 11.8. The first kappa shape index (κ1) is 11.5. The molecule has 1 saturated carbocycles. The standard InChI is InChI=1S/C11H16N2O2S/c1-7-5-16-9(13-7)4-11(6-12,10(14)15)8-2-3-8/h5,8H,2-4,6,12H2,1H3,(H,14,15). The van der Waals surface area contributed by atoms with Gasteiger partial charge in [0.15, 0.2) is 0 Å². The quantitative estimate of drug-likeness (QED) is 0.816. The molecule has 1 fully saturated rings. The Kier molecular flexibility index (Phi) is 2.99. The first-order chi connectivity index (χ1) is 7.58. The summed E-state index contributed by atoms with van der Waals surface area (Å²) < 4.78 is 0. The summed E-state index contributed by atoms with van der Waals surface area (Å²) in [5, 5.41) is 12.2. The fourth-order valence-corrected chi connectivity index (χ4v) is 3.01. The molecular formula is C11H16N2O2S. The van der Waals surface area contributed by atoms with Gasteiger partial charge < -0.3 is 10.8 Å². The number of nitrogens with zero attached hydrogens (tertiary/aromatic N) is 1. The number of rotatable bonds is 5. The second kappa shape index (κ2) is 4.14. The van der Waals surface area contributed by atoms with Gasteiger partial charge in [-0.05, 0) is 25.7 Å². The SMILES string of the molecule is Cc1csc(CC(CN)(C(=O)O)C2CC2)n1. The molecule has 1 heterocycles. The van der Waals surface area contributed by atoms with Gasteiger partial charge in [0.25, 0.3) is 0 Å². The summed E-state index contributed by atoms with van der Waals surface area (Å²) in [5.74, 6) is -0.537. The first-order valence-electron chi connectivity index (χ1n) is 5.43. The third-order valence-corrected chi connectivity index (χ3v) is 4.25. The van der Waals surface area contributed by atoms with E-state index in [1.54, 1.807) is 0 Å². The lowest BCUT2D eigenvalue weighted by molar-refractivity contribution is -0.149. The molecule has 1 aliphatic carbocycles. The molecule has 16 heavy (non-hydrogen) atoms. The minimum Gasteiger partial charge on any atom is -0.481 e. The number of carbonyl (C=O) groups is 1. The Morgan fingerprint density at radius 1 is 1.75 bits per heavy atom. The molecule has 88 valence electrons. The zero-order valence-corrected chi connectivity index (χ0v) is 10.1. The second-order valence-electron chi connectivity index (χ2n) is 4.50. The second-order valence-corrected chi connectivity index (χ2v) is 5.44. The summed E-state index contributed by atoms with van der Waals surface area (Å²) in [6, 6.07) is 0. The van der Waals surface area contributed by atoms with Crippen LogP contribution in [0.5, 0.6) is 0 Å². The number of nitrogens with two attached hydrogens (primary N) is 1. The molecule has 1 aromatic rings. The van der Waals surface area contributed by atoms with Crippen LogP contribution in [-0.4, -0.2) is 22.6 Å². The highest BCUT2D eigenvalue weighted by molar-refractivity contribution is 7.09. The maximum absolute atomic E-state index is 11.4. The highest BCUT2D eigenvalue weighted by atomic mass is 32.1. The molecule has 0 spiro atoms. The number of thiazole rings is 1. The number of hydrogen-bond donors (Lipinski definition) is 2. The van der Waals surface area contributed by atoms with Crippen LogP contribution >= 0.6 is 11.3 Å². The molecule has 5 heteroatoms. The van der Waals surface area contributed by atoms with Crippen LogP contribution in [0.25, 0.3) is 0 Å². The molecular weight excluding hydrogens is 224 g/mol. The van der Waals surface area contributed by atoms with Crippen molar-refractivity contribution >= 4 is 17.3 Å². The van der Waals surface area contributed by atoms with Crippen molar-refractivity contribution < 1.29 is 9.90 Å². The molecule has 0 amide bonds. The molecule has 0 aliphatic heterocycles. The van der Waals surface area contributed by atoms with Crippen LogP contribution in [0.1, 0.15) is 23.5 Å². The minimum atomic E-state index is -0.787. The van der Waals surface area contributed by atoms with Gasteiger partial charge in [0.05, 0.1) is 10.4 Å². The van der Waals surface area contributed by atoms with Crippen molar-refractivity contribution in [2.75, 3.05) is 6.54 Å². The summed E-state index contributed by atoms with van der Waals surface area (Å²) in [4.78, 5) is 15.8. The largest absolute Gasteiger partial charge is 0.481 e. The van der Waals surface area contributed by atoms with Gasteiger partial charge in [0, 0.05) is 24.0 Å². The van der Waals surface area contributed by atoms with E-state index in [4.69, 9.17) is 5.73 Å². The predicted octanol–water partition coefficient (Wildman–Crippen LogP) is 1.43. The van der Waals surface area contributed by atoms with Crippen LogP contribution in [-0.2, 0) is 11.2 Å². The van der Waals surface area contributed by atoms with E-state index >= 15 is 0 Å². The van der Waals surface area contributed by atoms with Gasteiger partial charge in [-0.1, -0.05) is 0 Å². The molecule has 1 atom stereocenters. The van der Waals surface area contributed by atoms with Crippen LogP contribution < -0.4 is 5.73 Å². The van der Waals surface area contributed by atoms with E-state index in [-0.39, 0.29) is 12.5 Å². The van der Waals surface area contributed by atoms with Crippen molar-refractivity contribution in [3.63, 3.8) is 0 Å². The fraction of sp³-hybridized carbons (Fsp3) is 0.636. The van der Waals surface area contributed by atoms with Gasteiger partial charge in [-0.15, -0.1) is 11.3 Å². The monoisotopic (exact) mass is 240 g/mol. The Bertz CT molecular complexity index is 400. The number of aliphatic carboxylic acids is 1. The highest BCUT2D eigenvalue weighted by Gasteiger charge is 2.50. The number of carboxylic acid groups (broad SMARTS) is 1. The Labute approximate surface area is 98.5 Å². The Morgan fingerprint density at radius 2 is 2.44 bits per heavy atom. The van der Waals surface area contributed by atoms with Gasteiger partial charge >= 0.3 is 5.97 Å². The van der Waals surface area contributed by atoms with Crippen molar-refractivity contribution in [2.45, 2.75) is 26.2 Å². The van der Waals surface area contributed by atoms with Crippen LogP contribution in [0.4, 0.5) is 0 Å². The molecule has 1 unspecified atom stereocenters. The topological polar surface area (TPSA) is 76.2 Å². The van der Waals surface area contributed by atoms with Crippen molar-refractivity contribution in [2.24, 2.45) is 17.1 Å². The normalized spacial score (nSPS) is 19.4. The van der Waals surface area contributed by atoms with Crippen molar-refractivity contribution in [3.05, 3.63) is 16.1 Å².